The number of methoxy groups -OCH3 is 1. The van der Waals surface area contributed by atoms with Gasteiger partial charge in [-0.15, -0.1) is 13.2 Å². The van der Waals surface area contributed by atoms with Crippen LogP contribution in [0.1, 0.15) is 153 Å². The van der Waals surface area contributed by atoms with E-state index in [1.165, 1.54) is 0 Å². The van der Waals surface area contributed by atoms with Crippen molar-refractivity contribution < 1.29 is 56.6 Å². The lowest BCUT2D eigenvalue weighted by Crippen LogP contribution is -2.58. The smallest absolute Gasteiger partial charge is 0.192 e. The molecule has 13 unspecified atom stereocenters. The molecule has 18 atom stereocenters. The third kappa shape index (κ3) is 15.2. The van der Waals surface area contributed by atoms with Crippen molar-refractivity contribution in [2.45, 2.75) is 304 Å². The molecule has 2 N–H and O–H groups in total. The summed E-state index contributed by atoms with van der Waals surface area (Å²) in [5.41, 5.74) is 2.22. The van der Waals surface area contributed by atoms with Crippen molar-refractivity contribution in [2.24, 2.45) is 11.8 Å². The lowest BCUT2D eigenvalue weighted by molar-refractivity contribution is -0.256. The number of aliphatic hydroxyl groups is 2. The summed E-state index contributed by atoms with van der Waals surface area (Å²) in [4.78, 5) is 0. The molecule has 6 saturated heterocycles. The van der Waals surface area contributed by atoms with Gasteiger partial charge in [-0.1, -0.05) is 94.5 Å². The third-order valence-electron chi connectivity index (χ3n) is 19.8. The van der Waals surface area contributed by atoms with E-state index in [0.717, 1.165) is 97.6 Å². The van der Waals surface area contributed by atoms with E-state index in [4.69, 9.17) is 46.4 Å². The lowest BCUT2D eigenvalue weighted by atomic mass is 9.81. The summed E-state index contributed by atoms with van der Waals surface area (Å²) in [6.45, 7) is 40.5. The number of hydrogen-bond donors (Lipinski definition) is 2. The first-order valence-corrected chi connectivity index (χ1v) is 38.0. The van der Waals surface area contributed by atoms with Crippen LogP contribution in [0.25, 0.3) is 0 Å². The van der Waals surface area contributed by atoms with Crippen molar-refractivity contribution in [1.82, 2.24) is 0 Å². The Morgan fingerprint density at radius 2 is 1.36 bits per heavy atom. The zero-order valence-corrected chi connectivity index (χ0v) is 52.0. The summed E-state index contributed by atoms with van der Waals surface area (Å²) in [7, 11) is -4.08. The standard InChI is InChI=1S/C60H108O12Si3/c1-16-27-44(61)35-48-53(68-54(57(48)63-15)36-47(71-74(21-6,22-7)23-8)40-64-73(18-3,19-4)20-5)37-52-43(14)41(12)33-45(66-52)29-30-50-42(13)34-46(65-50)31-32-60-39-49(62)58(70-60)55-38-56(69-60)59(51(67-55)28-17-2)72-75(24-9,25-10)26-11/h16-17,41,44-59,61-62H,1-2,13-14,18-40H2,3-12,15H3/t41?,44?,45?,46?,47?,48?,49?,50-,51?,52?,53?,54+,55+,56?,57+,58?,59?,60+/m0/s1. The molecule has 432 valence electrons. The van der Waals surface area contributed by atoms with E-state index < -0.39 is 49.1 Å². The van der Waals surface area contributed by atoms with Crippen LogP contribution in [-0.2, 0) is 46.4 Å². The summed E-state index contributed by atoms with van der Waals surface area (Å²) in [6, 6.07) is 9.61. The molecule has 6 aliphatic rings. The largest absolute Gasteiger partial charge is 0.414 e. The fourth-order valence-corrected chi connectivity index (χ4v) is 22.6. The van der Waals surface area contributed by atoms with Gasteiger partial charge in [-0.05, 0) is 123 Å². The second-order valence-corrected chi connectivity index (χ2v) is 38.1. The molecule has 6 heterocycles. The SMILES string of the molecule is C=CCC(O)CC1C(CC2OC(CC[C@@H]3OC(CC[C@]45CC(O)C(O4)[C@H]4CC(O5)C(O[Si](CC)(CC)CC)C(CC=C)O4)CC3=C)CC(C)C2=C)O[C@H](CC(CO[Si](CC)(CC)CC)O[Si](CC)(CC)CC)[C@@H]1OC. The lowest BCUT2D eigenvalue weighted by Gasteiger charge is -2.47. The number of aliphatic hydroxyl groups excluding tert-OH is 2. The maximum atomic E-state index is 11.4. The van der Waals surface area contributed by atoms with Crippen LogP contribution >= 0.6 is 0 Å². The Morgan fingerprint density at radius 3 is 1.97 bits per heavy atom. The highest BCUT2D eigenvalue weighted by atomic mass is 28.4. The van der Waals surface area contributed by atoms with Crippen molar-refractivity contribution >= 4 is 25.0 Å². The summed E-state index contributed by atoms with van der Waals surface area (Å²) < 4.78 is 69.6. The molecule has 0 spiro atoms. The molecule has 0 saturated carbocycles. The zero-order chi connectivity index (χ0) is 54.7. The van der Waals surface area contributed by atoms with Crippen LogP contribution in [0.2, 0.25) is 54.4 Å². The zero-order valence-electron chi connectivity index (χ0n) is 49.0. The van der Waals surface area contributed by atoms with Crippen LogP contribution in [-0.4, -0.2) is 146 Å². The Balaban J connectivity index is 1.10. The molecule has 0 aromatic heterocycles. The predicted molar refractivity (Wildman–Crippen MR) is 309 cm³/mol. The molecule has 6 fully saturated rings. The molecule has 15 heteroatoms. The summed E-state index contributed by atoms with van der Waals surface area (Å²) in [5, 5.41) is 22.7. The predicted octanol–water partition coefficient (Wildman–Crippen LogP) is 12.9. The van der Waals surface area contributed by atoms with E-state index >= 15 is 0 Å². The highest BCUT2D eigenvalue weighted by Crippen LogP contribution is 2.49. The van der Waals surface area contributed by atoms with Crippen LogP contribution in [0.15, 0.2) is 49.6 Å². The van der Waals surface area contributed by atoms with Crippen LogP contribution in [0.4, 0.5) is 0 Å². The molecule has 0 amide bonds. The average Bonchev–Trinajstić information content (AvgIpc) is 4.02. The van der Waals surface area contributed by atoms with E-state index in [9.17, 15) is 10.2 Å². The highest BCUT2D eigenvalue weighted by Gasteiger charge is 2.59. The van der Waals surface area contributed by atoms with E-state index in [0.29, 0.717) is 58.0 Å². The van der Waals surface area contributed by atoms with E-state index in [1.54, 1.807) is 13.2 Å². The van der Waals surface area contributed by atoms with Crippen LogP contribution in [0, 0.1) is 11.8 Å². The van der Waals surface area contributed by atoms with Gasteiger partial charge in [0, 0.05) is 45.1 Å². The second kappa shape index (κ2) is 28.7. The van der Waals surface area contributed by atoms with Crippen LogP contribution in [0.5, 0.6) is 0 Å². The van der Waals surface area contributed by atoms with Crippen molar-refractivity contribution in [2.75, 3.05) is 13.7 Å². The molecule has 12 nitrogen and oxygen atoms in total. The summed E-state index contributed by atoms with van der Waals surface area (Å²) in [5.74, 6) is -0.711. The minimum Gasteiger partial charge on any atom is -0.414 e. The molecule has 0 aromatic carbocycles. The Morgan fingerprint density at radius 1 is 0.707 bits per heavy atom. The summed E-state index contributed by atoms with van der Waals surface area (Å²) >= 11 is 0. The fourth-order valence-electron chi connectivity index (χ4n) is 14.2. The van der Waals surface area contributed by atoms with Crippen LogP contribution in [0.3, 0.4) is 0 Å². The fraction of sp³-hybridized carbons (Fsp3) is 0.867. The molecule has 6 rings (SSSR count). The topological polar surface area (TPSA) is 133 Å². The molecular weight excluding hydrogens is 997 g/mol. The number of rotatable bonds is 33. The Labute approximate surface area is 459 Å². The van der Waals surface area contributed by atoms with Gasteiger partial charge < -0.3 is 56.6 Å². The molecule has 75 heavy (non-hydrogen) atoms. The van der Waals surface area contributed by atoms with E-state index in [2.05, 4.69) is 95.6 Å². The van der Waals surface area contributed by atoms with Gasteiger partial charge in [0.1, 0.15) is 6.10 Å². The minimum atomic E-state index is -2.00. The maximum Gasteiger partial charge on any atom is 0.192 e. The first-order chi connectivity index (χ1) is 35.9. The van der Waals surface area contributed by atoms with Gasteiger partial charge in [0.2, 0.25) is 0 Å². The molecule has 0 aromatic rings. The van der Waals surface area contributed by atoms with E-state index in [1.807, 2.05) is 6.08 Å². The van der Waals surface area contributed by atoms with Crippen molar-refractivity contribution in [1.29, 1.82) is 0 Å². The molecule has 0 aliphatic carbocycles. The molecular formula is C60H108O12Si3. The number of hydrogen-bond acceptors (Lipinski definition) is 12. The first kappa shape index (κ1) is 63.3. The monoisotopic (exact) mass is 1100 g/mol. The van der Waals surface area contributed by atoms with Gasteiger partial charge >= 0.3 is 0 Å². The van der Waals surface area contributed by atoms with Gasteiger partial charge in [0.15, 0.2) is 30.7 Å². The Kier molecular flexibility index (Phi) is 24.2. The average molecular weight is 1110 g/mol. The maximum absolute atomic E-state index is 11.4. The van der Waals surface area contributed by atoms with Crippen molar-refractivity contribution in [3.63, 3.8) is 0 Å². The van der Waals surface area contributed by atoms with Gasteiger partial charge in [0.05, 0.1) is 92.1 Å². The molecule has 0 radical (unpaired) electrons. The quantitative estimate of drug-likeness (QED) is 0.0479. The summed E-state index contributed by atoms with van der Waals surface area (Å²) in [6.07, 6.45) is 8.94. The Hall–Kier alpha value is -0.869. The van der Waals surface area contributed by atoms with Crippen molar-refractivity contribution in [3.8, 4) is 0 Å². The minimum absolute atomic E-state index is 0.0240. The highest BCUT2D eigenvalue weighted by molar-refractivity contribution is 6.74. The van der Waals surface area contributed by atoms with Gasteiger partial charge in [-0.3, -0.25) is 0 Å². The van der Waals surface area contributed by atoms with Gasteiger partial charge in [-0.2, -0.15) is 0 Å². The van der Waals surface area contributed by atoms with Gasteiger partial charge in [0.25, 0.3) is 0 Å². The second-order valence-electron chi connectivity index (χ2n) is 23.9. The number of fused-ring (bicyclic) bond motifs is 5. The third-order valence-corrected chi connectivity index (χ3v) is 33.8. The van der Waals surface area contributed by atoms with Crippen molar-refractivity contribution in [3.05, 3.63) is 49.6 Å². The first-order valence-electron chi connectivity index (χ1n) is 30.4. The molecule has 4 bridgehead atoms. The van der Waals surface area contributed by atoms with Gasteiger partial charge in [-0.25, -0.2) is 0 Å². The van der Waals surface area contributed by atoms with Crippen LogP contribution < -0.4 is 0 Å². The Bertz CT molecular complexity index is 1770. The van der Waals surface area contributed by atoms with E-state index in [-0.39, 0.29) is 85.1 Å². The number of ether oxygens (including phenoxy) is 7. The molecule has 6 aliphatic heterocycles. The normalized spacial score (nSPS) is 36.2.